The van der Waals surface area contributed by atoms with Crippen LogP contribution in [0.2, 0.25) is 0 Å². The first-order chi connectivity index (χ1) is 13.9. The summed E-state index contributed by atoms with van der Waals surface area (Å²) in [4.78, 5) is 16.1. The third-order valence-corrected chi connectivity index (χ3v) is 5.81. The number of rotatable bonds is 6. The Kier molecular flexibility index (Phi) is 6.95. The number of amides is 1. The molecular weight excluding hydrogens is 401 g/mol. The molecule has 1 fully saturated rings. The number of methoxy groups -OCH3 is 1. The summed E-state index contributed by atoms with van der Waals surface area (Å²) in [5, 5.41) is 0. The molecule has 0 radical (unpaired) electrons. The van der Waals surface area contributed by atoms with Crippen LogP contribution in [0.5, 0.6) is 5.75 Å². The molecule has 1 heterocycles. The number of ether oxygens (including phenoxy) is 1. The average Bonchev–Trinajstić information content (AvgIpc) is 2.74. The molecule has 3 rings (SSSR count). The Hall–Kier alpha value is -2.35. The molecule has 8 heteroatoms. The summed E-state index contributed by atoms with van der Waals surface area (Å²) >= 11 is 1.55. The van der Waals surface area contributed by atoms with E-state index in [0.717, 1.165) is 23.1 Å². The molecule has 2 aromatic carbocycles. The summed E-state index contributed by atoms with van der Waals surface area (Å²) in [6, 6.07) is 13.1. The third-order valence-electron chi connectivity index (χ3n) is 4.82. The van der Waals surface area contributed by atoms with Gasteiger partial charge in [0.2, 0.25) is 5.91 Å². The average molecular weight is 424 g/mol. The van der Waals surface area contributed by atoms with Gasteiger partial charge >= 0.3 is 6.18 Å². The van der Waals surface area contributed by atoms with Crippen LogP contribution < -0.4 is 9.64 Å². The minimum Gasteiger partial charge on any atom is -0.497 e. The molecule has 156 valence electrons. The van der Waals surface area contributed by atoms with Gasteiger partial charge in [0, 0.05) is 37.6 Å². The van der Waals surface area contributed by atoms with Crippen molar-refractivity contribution >= 4 is 23.4 Å². The number of carbonyl (C=O) groups is 1. The van der Waals surface area contributed by atoms with E-state index in [2.05, 4.69) is 0 Å². The normalized spacial score (nSPS) is 14.8. The fraction of sp³-hybridized carbons (Fsp3) is 0.381. The van der Waals surface area contributed by atoms with Crippen LogP contribution in [0.3, 0.4) is 0 Å². The van der Waals surface area contributed by atoms with E-state index in [1.165, 1.54) is 12.1 Å². The lowest BCUT2D eigenvalue weighted by Gasteiger charge is -2.36. The quantitative estimate of drug-likeness (QED) is 0.693. The first-order valence-corrected chi connectivity index (χ1v) is 10.4. The van der Waals surface area contributed by atoms with E-state index in [4.69, 9.17) is 4.74 Å². The number of nitrogens with zero attached hydrogens (tertiary/aromatic N) is 2. The summed E-state index contributed by atoms with van der Waals surface area (Å²) in [7, 11) is 1.62. The van der Waals surface area contributed by atoms with Gasteiger partial charge in [0.15, 0.2) is 0 Å². The van der Waals surface area contributed by atoms with E-state index in [1.807, 2.05) is 29.2 Å². The van der Waals surface area contributed by atoms with Crippen LogP contribution in [0.15, 0.2) is 48.5 Å². The lowest BCUT2D eigenvalue weighted by Crippen LogP contribution is -2.49. The maximum atomic E-state index is 12.9. The van der Waals surface area contributed by atoms with E-state index in [0.29, 0.717) is 37.6 Å². The van der Waals surface area contributed by atoms with Gasteiger partial charge in [-0.2, -0.15) is 13.2 Å². The number of thioether (sulfide) groups is 1. The number of carbonyl (C=O) groups excluding carboxylic acids is 1. The van der Waals surface area contributed by atoms with E-state index in [-0.39, 0.29) is 5.91 Å². The van der Waals surface area contributed by atoms with Crippen molar-refractivity contribution in [3.05, 3.63) is 59.7 Å². The molecule has 0 aromatic heterocycles. The smallest absolute Gasteiger partial charge is 0.416 e. The molecule has 1 aliphatic heterocycles. The number of benzene rings is 2. The molecule has 0 bridgehead atoms. The monoisotopic (exact) mass is 424 g/mol. The Morgan fingerprint density at radius 1 is 1.07 bits per heavy atom. The van der Waals surface area contributed by atoms with Crippen molar-refractivity contribution in [3.8, 4) is 5.75 Å². The highest BCUT2D eigenvalue weighted by Crippen LogP contribution is 2.32. The van der Waals surface area contributed by atoms with Gasteiger partial charge in [-0.3, -0.25) is 4.79 Å². The van der Waals surface area contributed by atoms with Gasteiger partial charge in [-0.05, 0) is 35.9 Å². The number of hydrogen-bond acceptors (Lipinski definition) is 4. The Morgan fingerprint density at radius 2 is 1.76 bits per heavy atom. The Morgan fingerprint density at radius 3 is 2.38 bits per heavy atom. The van der Waals surface area contributed by atoms with Gasteiger partial charge in [-0.15, -0.1) is 11.8 Å². The summed E-state index contributed by atoms with van der Waals surface area (Å²) in [6.07, 6.45) is -4.35. The fourth-order valence-corrected chi connectivity index (χ4v) is 4.05. The zero-order valence-electron chi connectivity index (χ0n) is 16.1. The SMILES string of the molecule is COc1ccc(CSCC(=O)N2CCN(c3cccc(C(F)(F)F)c3)CC2)cc1. The predicted octanol–water partition coefficient (Wildman–Crippen LogP) is 4.30. The molecule has 1 aliphatic rings. The molecule has 1 amide bonds. The zero-order chi connectivity index (χ0) is 20.9. The number of hydrogen-bond donors (Lipinski definition) is 0. The largest absolute Gasteiger partial charge is 0.497 e. The third kappa shape index (κ3) is 5.82. The van der Waals surface area contributed by atoms with Crippen molar-refractivity contribution in [2.45, 2.75) is 11.9 Å². The first kappa shape index (κ1) is 21.4. The van der Waals surface area contributed by atoms with Crippen molar-refractivity contribution < 1.29 is 22.7 Å². The Bertz CT molecular complexity index is 819. The minimum atomic E-state index is -4.35. The molecule has 1 saturated heterocycles. The summed E-state index contributed by atoms with van der Waals surface area (Å²) in [5.74, 6) is 1.98. The van der Waals surface area contributed by atoms with Crippen LogP contribution in [0, 0.1) is 0 Å². The van der Waals surface area contributed by atoms with Crippen LogP contribution in [0.1, 0.15) is 11.1 Å². The van der Waals surface area contributed by atoms with Crippen molar-refractivity contribution in [1.82, 2.24) is 4.90 Å². The second-order valence-corrected chi connectivity index (χ2v) is 7.74. The molecule has 2 aromatic rings. The summed E-state index contributed by atoms with van der Waals surface area (Å²) < 4.78 is 43.8. The van der Waals surface area contributed by atoms with Crippen LogP contribution in [-0.4, -0.2) is 49.8 Å². The van der Waals surface area contributed by atoms with Crippen LogP contribution in [-0.2, 0) is 16.7 Å². The van der Waals surface area contributed by atoms with Crippen molar-refractivity contribution in [3.63, 3.8) is 0 Å². The van der Waals surface area contributed by atoms with Crippen LogP contribution in [0.4, 0.5) is 18.9 Å². The highest BCUT2D eigenvalue weighted by molar-refractivity contribution is 7.99. The van der Waals surface area contributed by atoms with Gasteiger partial charge in [-0.1, -0.05) is 18.2 Å². The molecule has 0 N–H and O–H groups in total. The van der Waals surface area contributed by atoms with Crippen LogP contribution >= 0.6 is 11.8 Å². The van der Waals surface area contributed by atoms with Crippen molar-refractivity contribution in [1.29, 1.82) is 0 Å². The first-order valence-electron chi connectivity index (χ1n) is 9.27. The number of alkyl halides is 3. The molecule has 0 spiro atoms. The maximum absolute atomic E-state index is 12.9. The topological polar surface area (TPSA) is 32.8 Å². The molecule has 4 nitrogen and oxygen atoms in total. The highest BCUT2D eigenvalue weighted by atomic mass is 32.2. The van der Waals surface area contributed by atoms with Gasteiger partial charge in [-0.25, -0.2) is 0 Å². The fourth-order valence-electron chi connectivity index (χ4n) is 3.16. The van der Waals surface area contributed by atoms with E-state index >= 15 is 0 Å². The summed E-state index contributed by atoms with van der Waals surface area (Å²) in [6.45, 7) is 2.07. The molecule has 29 heavy (non-hydrogen) atoms. The Labute approximate surface area is 172 Å². The standard InChI is InChI=1S/C21H23F3N2O2S/c1-28-19-7-5-16(6-8-19)14-29-15-20(27)26-11-9-25(10-12-26)18-4-2-3-17(13-18)21(22,23)24/h2-8,13H,9-12,14-15H2,1H3. The molecule has 0 aliphatic carbocycles. The van der Waals surface area contributed by atoms with Gasteiger partial charge in [0.1, 0.15) is 5.75 Å². The van der Waals surface area contributed by atoms with Crippen molar-refractivity contribution in [2.75, 3.05) is 43.9 Å². The van der Waals surface area contributed by atoms with Gasteiger partial charge in [0.25, 0.3) is 0 Å². The second kappa shape index (κ2) is 9.43. The molecule has 0 atom stereocenters. The lowest BCUT2D eigenvalue weighted by molar-refractivity contribution is -0.137. The molecule has 0 saturated carbocycles. The number of piperazine rings is 1. The van der Waals surface area contributed by atoms with Gasteiger partial charge in [0.05, 0.1) is 18.4 Å². The van der Waals surface area contributed by atoms with E-state index in [1.54, 1.807) is 29.8 Å². The van der Waals surface area contributed by atoms with Gasteiger partial charge < -0.3 is 14.5 Å². The zero-order valence-corrected chi connectivity index (χ0v) is 16.9. The predicted molar refractivity (Wildman–Crippen MR) is 109 cm³/mol. The maximum Gasteiger partial charge on any atom is 0.416 e. The Balaban J connectivity index is 1.45. The van der Waals surface area contributed by atoms with Crippen molar-refractivity contribution in [2.24, 2.45) is 0 Å². The van der Waals surface area contributed by atoms with E-state index < -0.39 is 11.7 Å². The lowest BCUT2D eigenvalue weighted by atomic mass is 10.1. The van der Waals surface area contributed by atoms with E-state index in [9.17, 15) is 18.0 Å². The van der Waals surface area contributed by atoms with Crippen LogP contribution in [0.25, 0.3) is 0 Å². The number of halogens is 3. The minimum absolute atomic E-state index is 0.0622. The highest BCUT2D eigenvalue weighted by Gasteiger charge is 2.31. The summed E-state index contributed by atoms with van der Waals surface area (Å²) in [5.41, 5.74) is 1.02. The molecule has 0 unspecified atom stereocenters. The number of anilines is 1. The second-order valence-electron chi connectivity index (χ2n) is 6.76. The molecular formula is C21H23F3N2O2S.